The second-order valence-electron chi connectivity index (χ2n) is 5.21. The molecule has 0 aliphatic carbocycles. The Kier molecular flexibility index (Phi) is 5.78. The van der Waals surface area contributed by atoms with E-state index >= 15 is 0 Å². The summed E-state index contributed by atoms with van der Waals surface area (Å²) in [5.74, 6) is 0.684. The van der Waals surface area contributed by atoms with E-state index in [0.717, 1.165) is 11.1 Å². The van der Waals surface area contributed by atoms with Crippen LogP contribution in [0, 0.1) is 13.8 Å². The number of aromatic hydroxyl groups is 1. The Morgan fingerprint density at radius 2 is 2.04 bits per heavy atom. The molecule has 0 saturated heterocycles. The van der Waals surface area contributed by atoms with Crippen LogP contribution in [0.3, 0.4) is 0 Å². The van der Waals surface area contributed by atoms with E-state index in [1.54, 1.807) is 12.1 Å². The van der Waals surface area contributed by atoms with Crippen LogP contribution in [-0.2, 0) is 4.79 Å². The number of carbonyl (C=O) groups is 1. The number of nitrogens with zero attached hydrogens (tertiary/aromatic N) is 1. The van der Waals surface area contributed by atoms with Gasteiger partial charge in [-0.1, -0.05) is 12.1 Å². The van der Waals surface area contributed by atoms with Crippen LogP contribution in [0.1, 0.15) is 16.7 Å². The molecule has 0 saturated carbocycles. The summed E-state index contributed by atoms with van der Waals surface area (Å²) in [6.45, 7) is 3.79. The minimum absolute atomic E-state index is 0.00559. The van der Waals surface area contributed by atoms with Crippen LogP contribution in [0.2, 0.25) is 0 Å². The third-order valence-electron chi connectivity index (χ3n) is 3.52. The number of aryl methyl sites for hydroxylation is 1. The number of rotatable bonds is 6. The maximum atomic E-state index is 11.8. The molecule has 0 bridgehead atoms. The molecule has 0 spiro atoms. The molecule has 0 radical (unpaired) electrons. The zero-order chi connectivity index (χ0) is 17.5. The van der Waals surface area contributed by atoms with E-state index in [1.807, 2.05) is 32.0 Å². The lowest BCUT2D eigenvalue weighted by Gasteiger charge is -2.09. The monoisotopic (exact) mass is 328 g/mol. The van der Waals surface area contributed by atoms with Gasteiger partial charge in [0.15, 0.2) is 18.1 Å². The molecule has 0 aliphatic rings. The van der Waals surface area contributed by atoms with Gasteiger partial charge in [-0.25, -0.2) is 5.43 Å². The molecule has 0 aromatic heterocycles. The number of phenols is 1. The van der Waals surface area contributed by atoms with E-state index in [4.69, 9.17) is 9.47 Å². The third kappa shape index (κ3) is 4.49. The molecule has 2 rings (SSSR count). The van der Waals surface area contributed by atoms with Gasteiger partial charge in [-0.15, -0.1) is 0 Å². The lowest BCUT2D eigenvalue weighted by molar-refractivity contribution is -0.123. The molecule has 2 aromatic rings. The third-order valence-corrected chi connectivity index (χ3v) is 3.52. The van der Waals surface area contributed by atoms with Crippen molar-refractivity contribution in [1.82, 2.24) is 5.43 Å². The van der Waals surface area contributed by atoms with Crippen LogP contribution in [0.4, 0.5) is 0 Å². The average Bonchev–Trinajstić information content (AvgIpc) is 2.56. The van der Waals surface area contributed by atoms with Gasteiger partial charge in [0.2, 0.25) is 0 Å². The number of hydrazone groups is 1. The van der Waals surface area contributed by atoms with Crippen molar-refractivity contribution >= 4 is 12.1 Å². The largest absolute Gasteiger partial charge is 0.504 e. The van der Waals surface area contributed by atoms with Crippen LogP contribution in [0.25, 0.3) is 0 Å². The number of phenolic OH excluding ortho intramolecular Hbond substituents is 1. The van der Waals surface area contributed by atoms with E-state index in [-0.39, 0.29) is 18.3 Å². The highest BCUT2D eigenvalue weighted by Crippen LogP contribution is 2.25. The van der Waals surface area contributed by atoms with E-state index in [0.29, 0.717) is 17.1 Å². The molecule has 2 aromatic carbocycles. The van der Waals surface area contributed by atoms with Gasteiger partial charge in [-0.2, -0.15) is 5.10 Å². The molecule has 2 N–H and O–H groups in total. The van der Waals surface area contributed by atoms with E-state index in [2.05, 4.69) is 10.5 Å². The van der Waals surface area contributed by atoms with Crippen LogP contribution in [0.15, 0.2) is 41.5 Å². The predicted molar refractivity (Wildman–Crippen MR) is 91.8 cm³/mol. The summed E-state index contributed by atoms with van der Waals surface area (Å²) in [4.78, 5) is 11.8. The van der Waals surface area contributed by atoms with Gasteiger partial charge in [0.25, 0.3) is 5.91 Å². The Labute approximate surface area is 140 Å². The first kappa shape index (κ1) is 17.3. The van der Waals surface area contributed by atoms with Crippen LogP contribution < -0.4 is 14.9 Å². The summed E-state index contributed by atoms with van der Waals surface area (Å²) in [5.41, 5.74) is 5.11. The normalized spacial score (nSPS) is 10.6. The van der Waals surface area contributed by atoms with Crippen LogP contribution in [-0.4, -0.2) is 30.9 Å². The number of benzene rings is 2. The second kappa shape index (κ2) is 8.01. The topological polar surface area (TPSA) is 80.2 Å². The van der Waals surface area contributed by atoms with Crippen molar-refractivity contribution < 1.29 is 19.4 Å². The molecular weight excluding hydrogens is 308 g/mol. The average molecular weight is 328 g/mol. The minimum atomic E-state index is -0.370. The first-order chi connectivity index (χ1) is 11.5. The van der Waals surface area contributed by atoms with E-state index in [1.165, 1.54) is 19.4 Å². The maximum Gasteiger partial charge on any atom is 0.277 e. The van der Waals surface area contributed by atoms with Crippen molar-refractivity contribution in [2.24, 2.45) is 5.10 Å². The minimum Gasteiger partial charge on any atom is -0.504 e. The number of nitrogens with one attached hydrogen (secondary N) is 1. The molecular formula is C18H20N2O4. The second-order valence-corrected chi connectivity index (χ2v) is 5.21. The van der Waals surface area contributed by atoms with Crippen LogP contribution in [0.5, 0.6) is 17.2 Å². The van der Waals surface area contributed by atoms with Gasteiger partial charge in [-0.3, -0.25) is 4.79 Å². The van der Waals surface area contributed by atoms with Crippen molar-refractivity contribution in [3.63, 3.8) is 0 Å². The highest BCUT2D eigenvalue weighted by atomic mass is 16.5. The Hall–Kier alpha value is -3.02. The number of amides is 1. The van der Waals surface area contributed by atoms with Crippen molar-refractivity contribution in [2.45, 2.75) is 13.8 Å². The maximum absolute atomic E-state index is 11.8. The van der Waals surface area contributed by atoms with E-state index in [9.17, 15) is 9.90 Å². The Morgan fingerprint density at radius 1 is 1.25 bits per heavy atom. The fourth-order valence-electron chi connectivity index (χ4n) is 2.02. The molecule has 126 valence electrons. The van der Waals surface area contributed by atoms with Gasteiger partial charge in [-0.05, 0) is 54.8 Å². The summed E-state index contributed by atoms with van der Waals surface area (Å²) in [5, 5.41) is 13.5. The number of ether oxygens (including phenoxy) is 2. The Bertz CT molecular complexity index is 757. The van der Waals surface area contributed by atoms with Crippen molar-refractivity contribution in [1.29, 1.82) is 0 Å². The predicted octanol–water partition coefficient (Wildman–Crippen LogP) is 2.55. The van der Waals surface area contributed by atoms with Gasteiger partial charge in [0.05, 0.1) is 13.3 Å². The molecule has 0 heterocycles. The van der Waals surface area contributed by atoms with Crippen LogP contribution >= 0.6 is 0 Å². The summed E-state index contributed by atoms with van der Waals surface area (Å²) in [6, 6.07) is 10.5. The first-order valence-corrected chi connectivity index (χ1v) is 7.39. The summed E-state index contributed by atoms with van der Waals surface area (Å²) in [6.07, 6.45) is 1.43. The van der Waals surface area contributed by atoms with Gasteiger partial charge in [0, 0.05) is 0 Å². The van der Waals surface area contributed by atoms with Crippen molar-refractivity contribution in [3.05, 3.63) is 53.1 Å². The van der Waals surface area contributed by atoms with E-state index < -0.39 is 0 Å². The number of hydrogen-bond donors (Lipinski definition) is 2. The zero-order valence-electron chi connectivity index (χ0n) is 13.9. The molecule has 1 amide bonds. The van der Waals surface area contributed by atoms with Crippen molar-refractivity contribution in [2.75, 3.05) is 13.7 Å². The van der Waals surface area contributed by atoms with Gasteiger partial charge >= 0.3 is 0 Å². The SMILES string of the molecule is COc1ccc(/C=N/NC(=O)COc2cccc(C)c2C)cc1O. The lowest BCUT2D eigenvalue weighted by atomic mass is 10.1. The molecule has 0 unspecified atom stereocenters. The zero-order valence-corrected chi connectivity index (χ0v) is 13.9. The molecule has 24 heavy (non-hydrogen) atoms. The highest BCUT2D eigenvalue weighted by molar-refractivity contribution is 5.83. The summed E-state index contributed by atoms with van der Waals surface area (Å²) < 4.78 is 10.4. The number of hydrogen-bond acceptors (Lipinski definition) is 5. The van der Waals surface area contributed by atoms with Crippen molar-refractivity contribution in [3.8, 4) is 17.2 Å². The lowest BCUT2D eigenvalue weighted by Crippen LogP contribution is -2.24. The number of carbonyl (C=O) groups excluding carboxylic acids is 1. The Morgan fingerprint density at radius 3 is 2.75 bits per heavy atom. The summed E-state index contributed by atoms with van der Waals surface area (Å²) in [7, 11) is 1.47. The van der Waals surface area contributed by atoms with Gasteiger partial charge in [0.1, 0.15) is 5.75 Å². The fourth-order valence-corrected chi connectivity index (χ4v) is 2.02. The smallest absolute Gasteiger partial charge is 0.277 e. The first-order valence-electron chi connectivity index (χ1n) is 7.39. The Balaban J connectivity index is 1.86. The van der Waals surface area contributed by atoms with Gasteiger partial charge < -0.3 is 14.6 Å². The molecule has 0 fully saturated rings. The highest BCUT2D eigenvalue weighted by Gasteiger charge is 2.05. The molecule has 0 aliphatic heterocycles. The quantitative estimate of drug-likeness (QED) is 0.631. The molecule has 6 nitrogen and oxygen atoms in total. The fraction of sp³-hybridized carbons (Fsp3) is 0.222. The molecule has 6 heteroatoms. The summed E-state index contributed by atoms with van der Waals surface area (Å²) >= 11 is 0. The molecule has 0 atom stereocenters. The number of methoxy groups -OCH3 is 1. The standard InChI is InChI=1S/C18H20N2O4/c1-12-5-4-6-16(13(12)2)24-11-18(22)20-19-10-14-7-8-17(23-3)15(21)9-14/h4-10,21H,11H2,1-3H3,(H,20,22)/b19-10+.